The highest BCUT2D eigenvalue weighted by Crippen LogP contribution is 2.26. The molecule has 5 rings (SSSR count). The van der Waals surface area contributed by atoms with Crippen molar-refractivity contribution in [1.29, 1.82) is 0 Å². The van der Waals surface area contributed by atoms with Gasteiger partial charge in [-0.1, -0.05) is 130 Å². The van der Waals surface area contributed by atoms with Crippen LogP contribution in [0.25, 0.3) is 0 Å². The second-order valence-electron chi connectivity index (χ2n) is 25.6. The smallest absolute Gasteiger partial charge is 0.246 e. The van der Waals surface area contributed by atoms with Gasteiger partial charge in [0.2, 0.25) is 65.0 Å². The van der Waals surface area contributed by atoms with E-state index >= 15 is 0 Å². The molecule has 23 heteroatoms. The van der Waals surface area contributed by atoms with Gasteiger partial charge in [0.05, 0.1) is 0 Å². The van der Waals surface area contributed by atoms with Gasteiger partial charge in [-0.3, -0.25) is 52.7 Å². The minimum Gasteiger partial charge on any atom is -0.356 e. The van der Waals surface area contributed by atoms with Crippen LogP contribution in [0, 0.1) is 22.7 Å². The van der Waals surface area contributed by atoms with Gasteiger partial charge in [-0.25, -0.2) is 0 Å². The van der Waals surface area contributed by atoms with E-state index in [1.165, 1.54) is 16.7 Å². The lowest BCUT2D eigenvalue weighted by molar-refractivity contribution is -0.143. The van der Waals surface area contributed by atoms with E-state index in [0.29, 0.717) is 24.0 Å². The van der Waals surface area contributed by atoms with Gasteiger partial charge in [-0.05, 0) is 91.7 Å². The van der Waals surface area contributed by atoms with Gasteiger partial charge >= 0.3 is 0 Å². The van der Waals surface area contributed by atoms with Crippen molar-refractivity contribution in [2.24, 2.45) is 28.4 Å². The number of amides is 11. The van der Waals surface area contributed by atoms with Gasteiger partial charge in [0.15, 0.2) is 0 Å². The summed E-state index contributed by atoms with van der Waals surface area (Å²) in [6.07, 6.45) is 1.79. The fourth-order valence-corrected chi connectivity index (χ4v) is 11.0. The van der Waals surface area contributed by atoms with Crippen LogP contribution in [0.3, 0.4) is 0 Å². The summed E-state index contributed by atoms with van der Waals surface area (Å²) in [6.45, 7) is 19.1. The predicted octanol–water partition coefficient (Wildman–Crippen LogP) is 1.41. The maximum atomic E-state index is 15.0. The molecule has 0 radical (unpaired) electrons. The summed E-state index contributed by atoms with van der Waals surface area (Å²) in [5, 5.41) is 25.5. The van der Waals surface area contributed by atoms with Crippen LogP contribution in [0.5, 0.6) is 0 Å². The molecule has 3 aliphatic heterocycles. The Bertz CT molecular complexity index is 2680. The van der Waals surface area contributed by atoms with Crippen LogP contribution >= 0.6 is 0 Å². The fourth-order valence-electron chi connectivity index (χ4n) is 11.0. The van der Waals surface area contributed by atoms with Gasteiger partial charge in [0.1, 0.15) is 60.4 Å². The molecule has 3 fully saturated rings. The summed E-state index contributed by atoms with van der Waals surface area (Å²) in [4.78, 5) is 162. The van der Waals surface area contributed by atoms with Crippen molar-refractivity contribution in [3.8, 4) is 0 Å². The van der Waals surface area contributed by atoms with E-state index < -0.39 is 142 Å². The van der Waals surface area contributed by atoms with Crippen molar-refractivity contribution < 1.29 is 52.7 Å². The molecule has 0 bridgehead atoms. The molecule has 468 valence electrons. The summed E-state index contributed by atoms with van der Waals surface area (Å²) in [5.74, 6) is -8.23. The highest BCUT2D eigenvalue weighted by molar-refractivity contribution is 6.00. The zero-order valence-corrected chi connectivity index (χ0v) is 51.6. The van der Waals surface area contributed by atoms with Crippen molar-refractivity contribution in [2.75, 3.05) is 26.2 Å². The number of nitrogens with two attached hydrogens (primary N) is 1. The van der Waals surface area contributed by atoms with E-state index in [0.717, 1.165) is 0 Å². The Morgan fingerprint density at radius 3 is 1.21 bits per heavy atom. The van der Waals surface area contributed by atoms with Crippen molar-refractivity contribution in [3.05, 3.63) is 71.8 Å². The molecule has 23 nitrogen and oxygen atoms in total. The first kappa shape index (κ1) is 68.4. The van der Waals surface area contributed by atoms with Gasteiger partial charge in [0, 0.05) is 39.4 Å². The van der Waals surface area contributed by atoms with Gasteiger partial charge < -0.3 is 63.4 Å². The molecule has 0 aromatic heterocycles. The molecular weight excluding hydrogens is 1090 g/mol. The third kappa shape index (κ3) is 19.6. The maximum absolute atomic E-state index is 15.0. The summed E-state index contributed by atoms with van der Waals surface area (Å²) in [7, 11) is 0. The van der Waals surface area contributed by atoms with Gasteiger partial charge in [-0.2, -0.15) is 0 Å². The highest BCUT2D eigenvalue weighted by atomic mass is 16.2. The topological polar surface area (TPSA) is 329 Å². The lowest BCUT2D eigenvalue weighted by atomic mass is 9.85. The zero-order chi connectivity index (χ0) is 62.9. The number of carbonyl (C=O) groups excluding carboxylic acids is 11. The largest absolute Gasteiger partial charge is 0.356 e. The highest BCUT2D eigenvalue weighted by Gasteiger charge is 2.45. The zero-order valence-electron chi connectivity index (χ0n) is 51.6. The molecular formula is C62H94N12O11. The van der Waals surface area contributed by atoms with Crippen LogP contribution in [0.4, 0.5) is 0 Å². The Hall–Kier alpha value is -7.43. The average Bonchev–Trinajstić information content (AvgIpc) is 3.23. The van der Waals surface area contributed by atoms with Crippen molar-refractivity contribution in [3.63, 3.8) is 0 Å². The summed E-state index contributed by atoms with van der Waals surface area (Å²) < 4.78 is 0. The maximum Gasteiger partial charge on any atom is 0.246 e. The quantitative estimate of drug-likeness (QED) is 0.127. The third-order valence-electron chi connectivity index (χ3n) is 15.8. The minimum atomic E-state index is -1.32. The first-order valence-corrected chi connectivity index (χ1v) is 30.1. The van der Waals surface area contributed by atoms with E-state index in [-0.39, 0.29) is 83.5 Å². The van der Waals surface area contributed by atoms with Crippen LogP contribution in [0.15, 0.2) is 60.7 Å². The average molecular weight is 1180 g/mol. The lowest BCUT2D eigenvalue weighted by Crippen LogP contribution is -2.63. The Labute approximate surface area is 500 Å². The molecule has 2 aromatic rings. The van der Waals surface area contributed by atoms with E-state index in [1.54, 1.807) is 130 Å². The first-order valence-electron chi connectivity index (χ1n) is 30.1. The van der Waals surface area contributed by atoms with E-state index in [4.69, 9.17) is 5.73 Å². The minimum absolute atomic E-state index is 0.000252. The molecule has 3 saturated heterocycles. The molecule has 3 heterocycles. The van der Waals surface area contributed by atoms with Crippen LogP contribution < -0.4 is 53.6 Å². The second kappa shape index (κ2) is 31.1. The normalized spacial score (nSPS) is 26.2. The summed E-state index contributed by atoms with van der Waals surface area (Å²) in [5.41, 5.74) is 5.32. The van der Waals surface area contributed by atoms with Crippen molar-refractivity contribution in [1.82, 2.24) is 57.7 Å². The molecule has 0 aliphatic carbocycles. The van der Waals surface area contributed by atoms with Gasteiger partial charge in [-0.15, -0.1) is 0 Å². The van der Waals surface area contributed by atoms with E-state index in [2.05, 4.69) is 47.9 Å². The van der Waals surface area contributed by atoms with Crippen LogP contribution in [-0.4, -0.2) is 161 Å². The number of benzene rings is 2. The number of nitrogens with zero attached hydrogens (tertiary/aromatic N) is 2. The molecule has 3 aliphatic rings. The molecule has 10 unspecified atom stereocenters. The summed E-state index contributed by atoms with van der Waals surface area (Å²) in [6, 6.07) is 5.59. The molecule has 11 amide bonds. The predicted molar refractivity (Wildman–Crippen MR) is 320 cm³/mol. The third-order valence-corrected chi connectivity index (χ3v) is 15.8. The lowest BCUT2D eigenvalue weighted by Gasteiger charge is -2.35. The fraction of sp³-hybridized carbons (Fsp3) is 0.629. The molecule has 11 N–H and O–H groups in total. The molecule has 10 atom stereocenters. The Balaban J connectivity index is 1.61. The number of fused-ring (bicyclic) bond motifs is 2. The number of hydrogen-bond donors (Lipinski definition) is 10. The SMILES string of the molecule is CC(=O)NCCCC1NC(=O)C(C(C)C)NC(=O)C2CCCN2C(=O)C(Cc2ccccc2)NC(=O)C(C(C)(C)C)NC(=O)C(CCCN)NC(=O)C(C(C)C)NC(=O)C2CCCN2C(=O)C(Cc2ccccc2)NC(=O)C(C(C)(C)C)NC1=O. The Morgan fingerprint density at radius 1 is 0.506 bits per heavy atom. The summed E-state index contributed by atoms with van der Waals surface area (Å²) >= 11 is 0. The monoisotopic (exact) mass is 1180 g/mol. The van der Waals surface area contributed by atoms with Gasteiger partial charge in [0.25, 0.3) is 0 Å². The molecule has 0 spiro atoms. The van der Waals surface area contributed by atoms with Crippen LogP contribution in [0.2, 0.25) is 0 Å². The number of rotatable bonds is 13. The van der Waals surface area contributed by atoms with Crippen molar-refractivity contribution in [2.45, 2.75) is 201 Å². The van der Waals surface area contributed by atoms with Crippen LogP contribution in [0.1, 0.15) is 139 Å². The van der Waals surface area contributed by atoms with Crippen molar-refractivity contribution >= 4 is 65.0 Å². The molecule has 2 aromatic carbocycles. The standard InChI is InChI=1S/C62H94N12O11/c1-36(2)47-55(80)65-41(26-18-30-63)51(76)71-49(61(6,7)8)57(82)67-43(34-39-22-14-12-15-23-39)59(84)74-33-21-29-46(74)54(79)70-48(37(3)4)56(81)66-42(27-19-31-64-38(5)75)52(77)72-50(62(9,10)11)58(83)68-44(35-40-24-16-13-17-25-40)60(85)73-32-20-28-45(73)53(78)69-47/h12-17,22-25,36-37,41-50H,18-21,26-35,63H2,1-11H3,(H,64,75)(H,65,80)(H,66,81)(H,67,82)(H,68,83)(H,69,78)(H,70,79)(H,71,76)(H,72,77). The Morgan fingerprint density at radius 2 is 0.871 bits per heavy atom. The van der Waals surface area contributed by atoms with E-state index in [9.17, 15) is 52.7 Å². The number of hydrogen-bond acceptors (Lipinski definition) is 12. The first-order chi connectivity index (χ1) is 40.0. The molecule has 0 saturated carbocycles. The Kier molecular flexibility index (Phi) is 25.0. The molecule has 85 heavy (non-hydrogen) atoms. The van der Waals surface area contributed by atoms with Crippen LogP contribution in [-0.2, 0) is 65.6 Å². The number of carbonyl (C=O) groups is 11. The van der Waals surface area contributed by atoms with E-state index in [1.807, 2.05) is 0 Å². The second-order valence-corrected chi connectivity index (χ2v) is 25.6. The number of nitrogens with one attached hydrogen (secondary N) is 9.